The van der Waals surface area contributed by atoms with Gasteiger partial charge in [-0.3, -0.25) is 4.99 Å². The van der Waals surface area contributed by atoms with Crippen molar-refractivity contribution in [2.45, 2.75) is 19.5 Å². The van der Waals surface area contributed by atoms with Crippen LogP contribution >= 0.6 is 24.0 Å². The first kappa shape index (κ1) is 15.8. The fourth-order valence-corrected chi connectivity index (χ4v) is 2.19. The Hall–Kier alpha value is -1.57. The molecule has 0 atom stereocenters. The minimum Gasteiger partial charge on any atom is -0.356 e. The standard InChI is InChI=1S/C15H19N5.HI/c1-6-17-15(18-7-1)19-10-13-2-4-14(5-3-13)11-20-9-8-16-12-20;/h2-5,8-9,12H,1,6-7,10-11H2,(H2,17,18,19);1H. The van der Waals surface area contributed by atoms with E-state index in [1.807, 2.05) is 12.5 Å². The highest BCUT2D eigenvalue weighted by Gasteiger charge is 2.03. The highest BCUT2D eigenvalue weighted by atomic mass is 127. The quantitative estimate of drug-likeness (QED) is 0.777. The fourth-order valence-electron chi connectivity index (χ4n) is 2.19. The molecule has 0 fully saturated rings. The molecule has 1 aromatic carbocycles. The second-order valence-electron chi connectivity index (χ2n) is 4.92. The predicted octanol–water partition coefficient (Wildman–Crippen LogP) is 1.99. The van der Waals surface area contributed by atoms with Crippen molar-refractivity contribution in [3.05, 3.63) is 54.1 Å². The minimum absolute atomic E-state index is 0. The number of hydrogen-bond donors (Lipinski definition) is 2. The maximum atomic E-state index is 4.40. The molecule has 1 aliphatic rings. The maximum absolute atomic E-state index is 4.40. The third-order valence-electron chi connectivity index (χ3n) is 3.30. The highest BCUT2D eigenvalue weighted by Crippen LogP contribution is 2.06. The summed E-state index contributed by atoms with van der Waals surface area (Å²) in [6.07, 6.45) is 6.73. The molecule has 0 amide bonds. The van der Waals surface area contributed by atoms with E-state index in [1.54, 1.807) is 6.20 Å². The smallest absolute Gasteiger partial charge is 0.191 e. The Labute approximate surface area is 141 Å². The van der Waals surface area contributed by atoms with Crippen LogP contribution in [0.4, 0.5) is 0 Å². The Bertz CT molecular complexity index is 562. The lowest BCUT2D eigenvalue weighted by Crippen LogP contribution is -2.40. The third-order valence-corrected chi connectivity index (χ3v) is 3.30. The molecule has 6 heteroatoms. The van der Waals surface area contributed by atoms with Gasteiger partial charge in [-0.2, -0.15) is 0 Å². The first-order valence-corrected chi connectivity index (χ1v) is 6.96. The Kier molecular flexibility index (Phi) is 6.04. The summed E-state index contributed by atoms with van der Waals surface area (Å²) in [5, 5.41) is 6.59. The van der Waals surface area contributed by atoms with Gasteiger partial charge in [0.05, 0.1) is 6.33 Å². The number of hydrogen-bond acceptors (Lipinski definition) is 4. The molecule has 0 bridgehead atoms. The van der Waals surface area contributed by atoms with E-state index in [-0.39, 0.29) is 24.0 Å². The van der Waals surface area contributed by atoms with E-state index >= 15 is 0 Å². The lowest BCUT2D eigenvalue weighted by molar-refractivity contribution is 0.702. The van der Waals surface area contributed by atoms with Crippen LogP contribution in [0.15, 0.2) is 48.0 Å². The number of nitrogens with one attached hydrogen (secondary N) is 2. The number of imidazole rings is 1. The topological polar surface area (TPSA) is 54.2 Å². The van der Waals surface area contributed by atoms with E-state index in [0.29, 0.717) is 0 Å². The molecule has 0 saturated carbocycles. The average Bonchev–Trinajstić information content (AvgIpc) is 3.01. The van der Waals surface area contributed by atoms with Crippen molar-refractivity contribution >= 4 is 29.9 Å². The summed E-state index contributed by atoms with van der Waals surface area (Å²) in [4.78, 5) is 8.45. The highest BCUT2D eigenvalue weighted by molar-refractivity contribution is 14.0. The van der Waals surface area contributed by atoms with Crippen LogP contribution in [0.1, 0.15) is 17.5 Å². The van der Waals surface area contributed by atoms with E-state index in [0.717, 1.165) is 38.6 Å². The Morgan fingerprint density at radius 2 is 2.00 bits per heavy atom. The van der Waals surface area contributed by atoms with Gasteiger partial charge in [0.1, 0.15) is 0 Å². The zero-order valence-electron chi connectivity index (χ0n) is 11.8. The van der Waals surface area contributed by atoms with Crippen LogP contribution < -0.4 is 10.6 Å². The van der Waals surface area contributed by atoms with Crippen LogP contribution in [0.2, 0.25) is 0 Å². The Morgan fingerprint density at radius 3 is 2.67 bits per heavy atom. The van der Waals surface area contributed by atoms with Crippen LogP contribution in [0.25, 0.3) is 0 Å². The van der Waals surface area contributed by atoms with Crippen molar-refractivity contribution in [1.82, 2.24) is 20.2 Å². The molecule has 5 nitrogen and oxygen atoms in total. The Morgan fingerprint density at radius 1 is 1.19 bits per heavy atom. The molecule has 0 radical (unpaired) electrons. The summed E-state index contributed by atoms with van der Waals surface area (Å²) in [5.41, 5.74) is 2.54. The first-order chi connectivity index (χ1) is 9.90. The monoisotopic (exact) mass is 397 g/mol. The average molecular weight is 397 g/mol. The molecule has 0 spiro atoms. The number of halogens is 1. The second kappa shape index (κ2) is 8.02. The van der Waals surface area contributed by atoms with Gasteiger partial charge in [-0.05, 0) is 17.5 Å². The van der Waals surface area contributed by atoms with Crippen LogP contribution in [-0.2, 0) is 13.1 Å². The van der Waals surface area contributed by atoms with Crippen molar-refractivity contribution < 1.29 is 0 Å². The fraction of sp³-hybridized carbons (Fsp3) is 0.333. The number of rotatable bonds is 4. The molecule has 1 aromatic heterocycles. The molecule has 2 aromatic rings. The normalized spacial score (nSPS) is 13.8. The molecule has 0 unspecified atom stereocenters. The summed E-state index contributed by atoms with van der Waals surface area (Å²) in [6, 6.07) is 8.63. The molecular weight excluding hydrogens is 377 g/mol. The summed E-state index contributed by atoms with van der Waals surface area (Å²) in [6.45, 7) is 3.59. The number of guanidine groups is 1. The van der Waals surface area contributed by atoms with Crippen molar-refractivity contribution in [2.24, 2.45) is 4.99 Å². The van der Waals surface area contributed by atoms with E-state index in [2.05, 4.69) is 49.4 Å². The first-order valence-electron chi connectivity index (χ1n) is 6.96. The molecular formula is C15H20IN5. The van der Waals surface area contributed by atoms with Gasteiger partial charge in [0, 0.05) is 38.6 Å². The second-order valence-corrected chi connectivity index (χ2v) is 4.92. The lowest BCUT2D eigenvalue weighted by atomic mass is 10.1. The van der Waals surface area contributed by atoms with Crippen LogP contribution in [-0.4, -0.2) is 28.6 Å². The summed E-state index contributed by atoms with van der Waals surface area (Å²) >= 11 is 0. The van der Waals surface area contributed by atoms with Crippen molar-refractivity contribution in [2.75, 3.05) is 13.1 Å². The van der Waals surface area contributed by atoms with Crippen LogP contribution in [0.3, 0.4) is 0 Å². The van der Waals surface area contributed by atoms with E-state index in [4.69, 9.17) is 0 Å². The molecule has 21 heavy (non-hydrogen) atoms. The number of benzene rings is 1. The van der Waals surface area contributed by atoms with Crippen LogP contribution in [0.5, 0.6) is 0 Å². The number of nitrogens with zero attached hydrogens (tertiary/aromatic N) is 3. The molecule has 3 rings (SSSR count). The molecule has 1 aliphatic heterocycles. The molecule has 112 valence electrons. The van der Waals surface area contributed by atoms with E-state index < -0.39 is 0 Å². The third kappa shape index (κ3) is 4.73. The van der Waals surface area contributed by atoms with Gasteiger partial charge in [-0.1, -0.05) is 24.3 Å². The van der Waals surface area contributed by atoms with Gasteiger partial charge in [-0.15, -0.1) is 24.0 Å². The van der Waals surface area contributed by atoms with Gasteiger partial charge in [-0.25, -0.2) is 4.98 Å². The molecule has 0 saturated heterocycles. The zero-order valence-corrected chi connectivity index (χ0v) is 14.2. The maximum Gasteiger partial charge on any atom is 0.191 e. The number of aliphatic imine (C=N–C) groups is 1. The summed E-state index contributed by atoms with van der Waals surface area (Å²) in [5.74, 6) is 0.916. The number of aromatic nitrogens is 2. The molecule has 0 aliphatic carbocycles. The van der Waals surface area contributed by atoms with Crippen LogP contribution in [0, 0.1) is 0 Å². The van der Waals surface area contributed by atoms with Gasteiger partial charge in [0.15, 0.2) is 5.96 Å². The minimum atomic E-state index is 0. The Balaban J connectivity index is 0.00000161. The molecule has 2 N–H and O–H groups in total. The molecule has 2 heterocycles. The van der Waals surface area contributed by atoms with E-state index in [9.17, 15) is 0 Å². The zero-order chi connectivity index (χ0) is 13.6. The lowest BCUT2D eigenvalue weighted by Gasteiger charge is -2.16. The van der Waals surface area contributed by atoms with Gasteiger partial charge < -0.3 is 15.2 Å². The summed E-state index contributed by atoms with van der Waals surface area (Å²) in [7, 11) is 0. The van der Waals surface area contributed by atoms with E-state index in [1.165, 1.54) is 11.1 Å². The largest absolute Gasteiger partial charge is 0.356 e. The van der Waals surface area contributed by atoms with Crippen molar-refractivity contribution in [1.29, 1.82) is 0 Å². The predicted molar refractivity (Wildman–Crippen MR) is 94.9 cm³/mol. The van der Waals surface area contributed by atoms with Gasteiger partial charge >= 0.3 is 0 Å². The van der Waals surface area contributed by atoms with Gasteiger partial charge in [0.2, 0.25) is 0 Å². The van der Waals surface area contributed by atoms with Crippen molar-refractivity contribution in [3.63, 3.8) is 0 Å². The van der Waals surface area contributed by atoms with Crippen molar-refractivity contribution in [3.8, 4) is 0 Å². The van der Waals surface area contributed by atoms with Gasteiger partial charge in [0.25, 0.3) is 0 Å². The SMILES string of the molecule is I.c1cn(Cc2ccc(CNC3=NCCCN3)cc2)cn1. The summed E-state index contributed by atoms with van der Waals surface area (Å²) < 4.78 is 2.06.